The van der Waals surface area contributed by atoms with E-state index in [4.69, 9.17) is 4.74 Å². The Hall–Kier alpha value is -2.28. The van der Waals surface area contributed by atoms with Gasteiger partial charge < -0.3 is 26.0 Å². The van der Waals surface area contributed by atoms with Crippen molar-refractivity contribution in [1.82, 2.24) is 16.0 Å². The predicted molar refractivity (Wildman–Crippen MR) is 112 cm³/mol. The molecule has 7 nitrogen and oxygen atoms in total. The maximum absolute atomic E-state index is 11.7. The Labute approximate surface area is 163 Å². The number of rotatable bonds is 10. The lowest BCUT2D eigenvalue weighted by Crippen LogP contribution is -2.38. The minimum Gasteiger partial charge on any atom is -0.380 e. The summed E-state index contributed by atoms with van der Waals surface area (Å²) in [7, 11) is 1.75. The Balaban J connectivity index is 2.29. The molecule has 4 N–H and O–H groups in total. The van der Waals surface area contributed by atoms with Gasteiger partial charge in [-0.25, -0.2) is 4.79 Å². The molecule has 0 aliphatic heterocycles. The zero-order valence-corrected chi connectivity index (χ0v) is 17.3. The third-order valence-corrected chi connectivity index (χ3v) is 3.69. The smallest absolute Gasteiger partial charge is 0.319 e. The molecule has 0 radical (unpaired) electrons. The second-order valence-electron chi connectivity index (χ2n) is 7.10. The molecule has 152 valence electrons. The molecule has 0 saturated heterocycles. The van der Waals surface area contributed by atoms with Crippen LogP contribution in [0.3, 0.4) is 0 Å². The number of hydrogen-bond acceptors (Lipinski definition) is 3. The van der Waals surface area contributed by atoms with Gasteiger partial charge in [0.15, 0.2) is 5.96 Å². The number of hydrogen-bond donors (Lipinski definition) is 4. The van der Waals surface area contributed by atoms with Crippen LogP contribution in [0.2, 0.25) is 0 Å². The second kappa shape index (κ2) is 13.0. The fraction of sp³-hybridized carbons (Fsp3) is 0.600. The lowest BCUT2D eigenvalue weighted by molar-refractivity contribution is 0.128. The molecule has 0 atom stereocenters. The molecule has 1 aromatic carbocycles. The number of nitrogens with zero attached hydrogens (tertiary/aromatic N) is 1. The molecule has 0 spiro atoms. The molecule has 0 bridgehead atoms. The van der Waals surface area contributed by atoms with E-state index in [1.165, 1.54) is 0 Å². The van der Waals surface area contributed by atoms with Crippen LogP contribution in [0.1, 0.15) is 39.7 Å². The van der Waals surface area contributed by atoms with Gasteiger partial charge in [0.2, 0.25) is 0 Å². The summed E-state index contributed by atoms with van der Waals surface area (Å²) in [6.07, 6.45) is 1.08. The van der Waals surface area contributed by atoms with Crippen molar-refractivity contribution in [2.45, 2.75) is 46.7 Å². The summed E-state index contributed by atoms with van der Waals surface area (Å²) in [5, 5.41) is 12.1. The quantitative estimate of drug-likeness (QED) is 0.287. The van der Waals surface area contributed by atoms with E-state index in [1.807, 2.05) is 38.1 Å². The van der Waals surface area contributed by atoms with Crippen LogP contribution in [0.4, 0.5) is 10.5 Å². The first kappa shape index (κ1) is 22.8. The van der Waals surface area contributed by atoms with Gasteiger partial charge in [0.25, 0.3) is 0 Å². The summed E-state index contributed by atoms with van der Waals surface area (Å²) >= 11 is 0. The number of anilines is 1. The van der Waals surface area contributed by atoms with Crippen LogP contribution in [0.15, 0.2) is 29.3 Å². The molecule has 0 aliphatic rings. The Morgan fingerprint density at radius 3 is 2.37 bits per heavy atom. The van der Waals surface area contributed by atoms with Crippen molar-refractivity contribution in [2.75, 3.05) is 32.1 Å². The predicted octanol–water partition coefficient (Wildman–Crippen LogP) is 2.94. The SMILES string of the molecule is CN=C(NCCOCCC(C)C)NCc1ccc(NC(=O)NC(C)C)cc1. The van der Waals surface area contributed by atoms with E-state index in [9.17, 15) is 4.79 Å². The van der Waals surface area contributed by atoms with Gasteiger partial charge in [0.05, 0.1) is 6.61 Å². The van der Waals surface area contributed by atoms with Crippen LogP contribution >= 0.6 is 0 Å². The third kappa shape index (κ3) is 11.1. The number of ether oxygens (including phenoxy) is 1. The van der Waals surface area contributed by atoms with Gasteiger partial charge in [-0.05, 0) is 43.9 Å². The van der Waals surface area contributed by atoms with Gasteiger partial charge in [0, 0.05) is 38.5 Å². The molecule has 0 unspecified atom stereocenters. The highest BCUT2D eigenvalue weighted by atomic mass is 16.5. The fourth-order valence-electron chi connectivity index (χ4n) is 2.20. The van der Waals surface area contributed by atoms with Crippen molar-refractivity contribution >= 4 is 17.7 Å². The topological polar surface area (TPSA) is 86.8 Å². The number of carbonyl (C=O) groups is 1. The molecule has 7 heteroatoms. The normalized spacial score (nSPS) is 11.6. The lowest BCUT2D eigenvalue weighted by Gasteiger charge is -2.13. The van der Waals surface area contributed by atoms with Gasteiger partial charge >= 0.3 is 6.03 Å². The molecule has 0 aromatic heterocycles. The Bertz CT molecular complexity index is 570. The average Bonchev–Trinajstić information content (AvgIpc) is 2.60. The third-order valence-electron chi connectivity index (χ3n) is 3.69. The van der Waals surface area contributed by atoms with Crippen molar-refractivity contribution in [3.63, 3.8) is 0 Å². The average molecular weight is 378 g/mol. The summed E-state index contributed by atoms with van der Waals surface area (Å²) in [6, 6.07) is 7.62. The van der Waals surface area contributed by atoms with Gasteiger partial charge in [-0.1, -0.05) is 26.0 Å². The number of benzene rings is 1. The Morgan fingerprint density at radius 1 is 1.07 bits per heavy atom. The van der Waals surface area contributed by atoms with E-state index in [2.05, 4.69) is 40.1 Å². The van der Waals surface area contributed by atoms with Gasteiger partial charge in [-0.15, -0.1) is 0 Å². The summed E-state index contributed by atoms with van der Waals surface area (Å²) in [6.45, 7) is 11.0. The number of amides is 2. The Morgan fingerprint density at radius 2 is 1.78 bits per heavy atom. The van der Waals surface area contributed by atoms with Crippen LogP contribution < -0.4 is 21.3 Å². The number of carbonyl (C=O) groups excluding carboxylic acids is 1. The molecule has 2 amide bonds. The van der Waals surface area contributed by atoms with Crippen molar-refractivity contribution in [2.24, 2.45) is 10.9 Å². The number of guanidine groups is 1. The summed E-state index contributed by atoms with van der Waals surface area (Å²) in [5.41, 5.74) is 1.86. The van der Waals surface area contributed by atoms with Gasteiger partial charge in [0.1, 0.15) is 0 Å². The van der Waals surface area contributed by atoms with Gasteiger partial charge in [-0.2, -0.15) is 0 Å². The molecule has 0 heterocycles. The first-order valence-electron chi connectivity index (χ1n) is 9.59. The fourth-order valence-corrected chi connectivity index (χ4v) is 2.20. The van der Waals surface area contributed by atoms with Gasteiger partial charge in [-0.3, -0.25) is 4.99 Å². The van der Waals surface area contributed by atoms with Crippen molar-refractivity contribution in [1.29, 1.82) is 0 Å². The number of aliphatic imine (C=N–C) groups is 1. The summed E-state index contributed by atoms with van der Waals surface area (Å²) < 4.78 is 5.59. The highest BCUT2D eigenvalue weighted by molar-refractivity contribution is 5.89. The Kier molecular flexibility index (Phi) is 10.9. The van der Waals surface area contributed by atoms with E-state index in [0.717, 1.165) is 30.2 Å². The zero-order chi connectivity index (χ0) is 20.1. The summed E-state index contributed by atoms with van der Waals surface area (Å²) in [4.78, 5) is 15.9. The molecule has 0 fully saturated rings. The van der Waals surface area contributed by atoms with Crippen molar-refractivity contribution in [3.05, 3.63) is 29.8 Å². The molecule has 0 saturated carbocycles. The van der Waals surface area contributed by atoms with Crippen molar-refractivity contribution < 1.29 is 9.53 Å². The first-order valence-corrected chi connectivity index (χ1v) is 9.59. The van der Waals surface area contributed by atoms with E-state index in [0.29, 0.717) is 25.6 Å². The van der Waals surface area contributed by atoms with Crippen LogP contribution in [-0.2, 0) is 11.3 Å². The maximum atomic E-state index is 11.7. The van der Waals surface area contributed by atoms with E-state index < -0.39 is 0 Å². The molecule has 1 aromatic rings. The van der Waals surface area contributed by atoms with Crippen molar-refractivity contribution in [3.8, 4) is 0 Å². The maximum Gasteiger partial charge on any atom is 0.319 e. The molecule has 1 rings (SSSR count). The monoisotopic (exact) mass is 377 g/mol. The molecule has 27 heavy (non-hydrogen) atoms. The van der Waals surface area contributed by atoms with Crippen LogP contribution in [0, 0.1) is 5.92 Å². The molecular formula is C20H35N5O2. The highest BCUT2D eigenvalue weighted by Crippen LogP contribution is 2.09. The summed E-state index contributed by atoms with van der Waals surface area (Å²) in [5.74, 6) is 1.40. The standard InChI is InChI=1S/C20H35N5O2/c1-15(2)10-12-27-13-11-22-19(21-5)23-14-17-6-8-18(9-7-17)25-20(26)24-16(3)4/h6-9,15-16H,10-14H2,1-5H3,(H2,21,22,23)(H2,24,25,26). The first-order chi connectivity index (χ1) is 12.9. The zero-order valence-electron chi connectivity index (χ0n) is 17.3. The van der Waals surface area contributed by atoms with Crippen LogP contribution in [0.5, 0.6) is 0 Å². The minimum absolute atomic E-state index is 0.105. The highest BCUT2D eigenvalue weighted by Gasteiger charge is 2.04. The largest absolute Gasteiger partial charge is 0.380 e. The number of nitrogens with one attached hydrogen (secondary N) is 4. The minimum atomic E-state index is -0.198. The van der Waals surface area contributed by atoms with E-state index in [-0.39, 0.29) is 12.1 Å². The van der Waals surface area contributed by atoms with Crippen LogP contribution in [0.25, 0.3) is 0 Å². The van der Waals surface area contributed by atoms with E-state index >= 15 is 0 Å². The second-order valence-corrected chi connectivity index (χ2v) is 7.10. The van der Waals surface area contributed by atoms with Crippen LogP contribution in [-0.4, -0.2) is 44.8 Å². The molecular weight excluding hydrogens is 342 g/mol. The van der Waals surface area contributed by atoms with E-state index in [1.54, 1.807) is 7.05 Å². The lowest BCUT2D eigenvalue weighted by atomic mass is 10.1. The number of urea groups is 1. The molecule has 0 aliphatic carbocycles.